The van der Waals surface area contributed by atoms with E-state index in [9.17, 15) is 9.59 Å². The first-order chi connectivity index (χ1) is 12.1. The fourth-order valence-electron chi connectivity index (χ4n) is 4.08. The standard InChI is InChI=1S/C20H37N3O2/c1-15-10-12-16(13-11-15)20(25)22-14-6-2-3-9-19(24)23-18-8-5-4-7-17(18)21/h15-18H,2-14,21H2,1H3,(H,22,25)(H,23,24). The maximum Gasteiger partial charge on any atom is 0.223 e. The lowest BCUT2D eigenvalue weighted by Gasteiger charge is -2.29. The second-order valence-corrected chi connectivity index (χ2v) is 8.18. The fourth-order valence-corrected chi connectivity index (χ4v) is 4.08. The monoisotopic (exact) mass is 351 g/mol. The van der Waals surface area contributed by atoms with E-state index >= 15 is 0 Å². The molecule has 0 aromatic heterocycles. The topological polar surface area (TPSA) is 84.2 Å². The Morgan fingerprint density at radius 3 is 2.40 bits per heavy atom. The van der Waals surface area contributed by atoms with Crippen LogP contribution in [-0.4, -0.2) is 30.4 Å². The lowest BCUT2D eigenvalue weighted by Crippen LogP contribution is -2.49. The first-order valence-electron chi connectivity index (χ1n) is 10.4. The summed E-state index contributed by atoms with van der Waals surface area (Å²) in [5, 5.41) is 6.16. The summed E-state index contributed by atoms with van der Waals surface area (Å²) in [4.78, 5) is 24.1. The van der Waals surface area contributed by atoms with Crippen LogP contribution in [-0.2, 0) is 9.59 Å². The van der Waals surface area contributed by atoms with Crippen molar-refractivity contribution >= 4 is 11.8 Å². The summed E-state index contributed by atoms with van der Waals surface area (Å²) in [5.41, 5.74) is 6.06. The van der Waals surface area contributed by atoms with Crippen molar-refractivity contribution in [3.05, 3.63) is 0 Å². The molecule has 2 unspecified atom stereocenters. The van der Waals surface area contributed by atoms with Gasteiger partial charge in [-0.3, -0.25) is 9.59 Å². The van der Waals surface area contributed by atoms with Gasteiger partial charge < -0.3 is 16.4 Å². The van der Waals surface area contributed by atoms with Crippen LogP contribution in [0.15, 0.2) is 0 Å². The Kier molecular flexibility index (Phi) is 8.73. The van der Waals surface area contributed by atoms with Crippen molar-refractivity contribution in [2.45, 2.75) is 96.1 Å². The van der Waals surface area contributed by atoms with Crippen molar-refractivity contribution in [2.24, 2.45) is 17.6 Å². The summed E-state index contributed by atoms with van der Waals surface area (Å²) in [6.45, 7) is 3.01. The molecule has 5 heteroatoms. The summed E-state index contributed by atoms with van der Waals surface area (Å²) in [6.07, 6.45) is 12.2. The van der Waals surface area contributed by atoms with Crippen LogP contribution >= 0.6 is 0 Å². The Hall–Kier alpha value is -1.10. The second-order valence-electron chi connectivity index (χ2n) is 8.18. The molecule has 25 heavy (non-hydrogen) atoms. The Morgan fingerprint density at radius 2 is 1.68 bits per heavy atom. The van der Waals surface area contributed by atoms with E-state index in [0.717, 1.165) is 63.8 Å². The number of hydrogen-bond acceptors (Lipinski definition) is 3. The zero-order chi connectivity index (χ0) is 18.1. The molecule has 0 aromatic rings. The summed E-state index contributed by atoms with van der Waals surface area (Å²) < 4.78 is 0. The first-order valence-corrected chi connectivity index (χ1v) is 10.4. The van der Waals surface area contributed by atoms with Gasteiger partial charge in [0.25, 0.3) is 0 Å². The molecule has 2 rings (SSSR count). The largest absolute Gasteiger partial charge is 0.356 e. The molecule has 0 aromatic carbocycles. The van der Waals surface area contributed by atoms with Gasteiger partial charge in [0.05, 0.1) is 0 Å². The normalized spacial score (nSPS) is 29.8. The van der Waals surface area contributed by atoms with E-state index in [1.54, 1.807) is 0 Å². The maximum atomic E-state index is 12.1. The number of amides is 2. The smallest absolute Gasteiger partial charge is 0.223 e. The Morgan fingerprint density at radius 1 is 0.960 bits per heavy atom. The molecule has 0 heterocycles. The molecule has 0 aliphatic heterocycles. The highest BCUT2D eigenvalue weighted by atomic mass is 16.2. The second kappa shape index (κ2) is 10.8. The van der Waals surface area contributed by atoms with Gasteiger partial charge in [-0.1, -0.05) is 26.2 Å². The highest BCUT2D eigenvalue weighted by Crippen LogP contribution is 2.28. The molecule has 0 spiro atoms. The highest BCUT2D eigenvalue weighted by Gasteiger charge is 2.24. The number of carbonyl (C=O) groups is 2. The quantitative estimate of drug-likeness (QED) is 0.588. The van der Waals surface area contributed by atoms with Gasteiger partial charge in [-0.15, -0.1) is 0 Å². The third kappa shape index (κ3) is 7.35. The van der Waals surface area contributed by atoms with E-state index in [1.165, 1.54) is 19.3 Å². The minimum Gasteiger partial charge on any atom is -0.356 e. The fraction of sp³-hybridized carbons (Fsp3) is 0.900. The minimum absolute atomic E-state index is 0.121. The third-order valence-electron chi connectivity index (χ3n) is 5.93. The van der Waals surface area contributed by atoms with Gasteiger partial charge >= 0.3 is 0 Å². The van der Waals surface area contributed by atoms with Gasteiger partial charge in [0.2, 0.25) is 11.8 Å². The lowest BCUT2D eigenvalue weighted by atomic mass is 9.82. The van der Waals surface area contributed by atoms with Crippen LogP contribution in [0, 0.1) is 11.8 Å². The number of nitrogens with two attached hydrogens (primary N) is 1. The van der Waals surface area contributed by atoms with Crippen molar-refractivity contribution in [2.75, 3.05) is 6.54 Å². The van der Waals surface area contributed by atoms with Crippen LogP contribution in [0.3, 0.4) is 0 Å². The Balaban J connectivity index is 1.47. The zero-order valence-corrected chi connectivity index (χ0v) is 15.9. The Bertz CT molecular complexity index is 419. The van der Waals surface area contributed by atoms with E-state index in [1.807, 2.05) is 0 Å². The van der Waals surface area contributed by atoms with Crippen molar-refractivity contribution < 1.29 is 9.59 Å². The number of hydrogen-bond donors (Lipinski definition) is 3. The molecule has 2 aliphatic carbocycles. The molecule has 2 aliphatic rings. The zero-order valence-electron chi connectivity index (χ0n) is 15.9. The average molecular weight is 352 g/mol. The molecular weight excluding hydrogens is 314 g/mol. The molecule has 144 valence electrons. The van der Waals surface area contributed by atoms with Crippen LogP contribution in [0.1, 0.15) is 84.0 Å². The molecule has 2 atom stereocenters. The number of carbonyl (C=O) groups excluding carboxylic acids is 2. The first kappa shape index (κ1) is 20.2. The van der Waals surface area contributed by atoms with Crippen LogP contribution < -0.4 is 16.4 Å². The number of nitrogens with one attached hydrogen (secondary N) is 2. The summed E-state index contributed by atoms with van der Waals surface area (Å²) in [7, 11) is 0. The van der Waals surface area contributed by atoms with Crippen LogP contribution in [0.4, 0.5) is 0 Å². The van der Waals surface area contributed by atoms with Crippen molar-refractivity contribution in [3.63, 3.8) is 0 Å². The van der Waals surface area contributed by atoms with Gasteiger partial charge in [0, 0.05) is 31.0 Å². The minimum atomic E-state index is 0.121. The van der Waals surface area contributed by atoms with Gasteiger partial charge in [-0.25, -0.2) is 0 Å². The van der Waals surface area contributed by atoms with E-state index in [-0.39, 0.29) is 29.8 Å². The Labute approximate surface area is 152 Å². The number of unbranched alkanes of at least 4 members (excludes halogenated alkanes) is 2. The SMILES string of the molecule is CC1CCC(C(=O)NCCCCCC(=O)NC2CCCCC2N)CC1. The molecule has 2 amide bonds. The van der Waals surface area contributed by atoms with Gasteiger partial charge in [-0.05, 0) is 57.3 Å². The van der Waals surface area contributed by atoms with Crippen LogP contribution in [0.5, 0.6) is 0 Å². The third-order valence-corrected chi connectivity index (χ3v) is 5.93. The lowest BCUT2D eigenvalue weighted by molar-refractivity contribution is -0.126. The van der Waals surface area contributed by atoms with E-state index in [0.29, 0.717) is 6.42 Å². The molecule has 5 nitrogen and oxygen atoms in total. The van der Waals surface area contributed by atoms with E-state index in [2.05, 4.69) is 17.6 Å². The van der Waals surface area contributed by atoms with Gasteiger partial charge in [0.1, 0.15) is 0 Å². The predicted octanol–water partition coefficient (Wildman–Crippen LogP) is 2.88. The maximum absolute atomic E-state index is 12.1. The molecule has 0 saturated heterocycles. The molecule has 4 N–H and O–H groups in total. The number of rotatable bonds is 8. The highest BCUT2D eigenvalue weighted by molar-refractivity contribution is 5.78. The molecule has 2 fully saturated rings. The van der Waals surface area contributed by atoms with E-state index in [4.69, 9.17) is 5.73 Å². The molecule has 2 saturated carbocycles. The van der Waals surface area contributed by atoms with Crippen molar-refractivity contribution in [1.29, 1.82) is 0 Å². The molecule has 0 radical (unpaired) electrons. The summed E-state index contributed by atoms with van der Waals surface area (Å²) >= 11 is 0. The van der Waals surface area contributed by atoms with Gasteiger partial charge in [-0.2, -0.15) is 0 Å². The predicted molar refractivity (Wildman–Crippen MR) is 101 cm³/mol. The van der Waals surface area contributed by atoms with E-state index < -0.39 is 0 Å². The average Bonchev–Trinajstić information content (AvgIpc) is 2.60. The van der Waals surface area contributed by atoms with Crippen molar-refractivity contribution in [3.8, 4) is 0 Å². The van der Waals surface area contributed by atoms with Crippen LogP contribution in [0.25, 0.3) is 0 Å². The van der Waals surface area contributed by atoms with Gasteiger partial charge in [0.15, 0.2) is 0 Å². The van der Waals surface area contributed by atoms with Crippen LogP contribution in [0.2, 0.25) is 0 Å². The summed E-state index contributed by atoms with van der Waals surface area (Å²) in [6, 6.07) is 0.287. The van der Waals surface area contributed by atoms with Crippen molar-refractivity contribution in [1.82, 2.24) is 10.6 Å². The molecular formula is C20H37N3O2. The molecule has 0 bridgehead atoms. The summed E-state index contributed by atoms with van der Waals surface area (Å²) in [5.74, 6) is 1.36.